The minimum Gasteiger partial charge on any atom is -0.444 e. The number of rotatable bonds is 6. The van der Waals surface area contributed by atoms with Crippen LogP contribution in [-0.2, 0) is 11.3 Å². The third-order valence-electron chi connectivity index (χ3n) is 4.91. The van der Waals surface area contributed by atoms with Crippen LogP contribution in [0.2, 0.25) is 5.02 Å². The fourth-order valence-corrected chi connectivity index (χ4v) is 3.35. The Bertz CT molecular complexity index is 765. The summed E-state index contributed by atoms with van der Waals surface area (Å²) in [7, 11) is 1.76. The number of aryl methyl sites for hydroxylation is 2. The number of benzene rings is 1. The summed E-state index contributed by atoms with van der Waals surface area (Å²) in [5.41, 5.74) is 2.13. The zero-order valence-electron chi connectivity index (χ0n) is 16.7. The summed E-state index contributed by atoms with van der Waals surface area (Å²) in [6.07, 6.45) is 0. The summed E-state index contributed by atoms with van der Waals surface area (Å²) in [5, 5.41) is 7.43. The number of oxazole rings is 1. The van der Waals surface area contributed by atoms with E-state index in [4.69, 9.17) is 20.8 Å². The number of guanidine groups is 1. The number of hydrogen-bond acceptors (Lipinski definition) is 5. The highest BCUT2D eigenvalue weighted by Gasteiger charge is 2.23. The molecule has 1 aromatic heterocycles. The largest absolute Gasteiger partial charge is 0.444 e. The first-order valence-corrected chi connectivity index (χ1v) is 9.89. The van der Waals surface area contributed by atoms with E-state index in [-0.39, 0.29) is 6.04 Å². The highest BCUT2D eigenvalue weighted by Crippen LogP contribution is 2.23. The Kier molecular flexibility index (Phi) is 7.30. The van der Waals surface area contributed by atoms with Crippen LogP contribution in [0.4, 0.5) is 0 Å². The summed E-state index contributed by atoms with van der Waals surface area (Å²) in [6.45, 7) is 8.35. The predicted molar refractivity (Wildman–Crippen MR) is 111 cm³/mol. The van der Waals surface area contributed by atoms with Crippen LogP contribution in [0.5, 0.6) is 0 Å². The molecule has 0 spiro atoms. The molecule has 152 valence electrons. The van der Waals surface area contributed by atoms with Crippen LogP contribution in [-0.4, -0.2) is 55.7 Å². The third-order valence-corrected chi connectivity index (χ3v) is 5.16. The van der Waals surface area contributed by atoms with E-state index in [1.807, 2.05) is 26.0 Å². The van der Waals surface area contributed by atoms with Crippen molar-refractivity contribution in [1.82, 2.24) is 20.5 Å². The van der Waals surface area contributed by atoms with E-state index < -0.39 is 0 Å². The van der Waals surface area contributed by atoms with Gasteiger partial charge in [-0.25, -0.2) is 4.98 Å². The highest BCUT2D eigenvalue weighted by atomic mass is 35.5. The van der Waals surface area contributed by atoms with Crippen molar-refractivity contribution in [2.75, 3.05) is 39.9 Å². The van der Waals surface area contributed by atoms with Crippen molar-refractivity contribution < 1.29 is 9.15 Å². The molecule has 0 radical (unpaired) electrons. The van der Waals surface area contributed by atoms with Gasteiger partial charge in [-0.1, -0.05) is 23.7 Å². The van der Waals surface area contributed by atoms with Crippen LogP contribution >= 0.6 is 11.6 Å². The molecule has 28 heavy (non-hydrogen) atoms. The Balaban J connectivity index is 1.62. The number of halogens is 1. The molecule has 1 aromatic carbocycles. The van der Waals surface area contributed by atoms with E-state index in [0.29, 0.717) is 24.9 Å². The van der Waals surface area contributed by atoms with Gasteiger partial charge in [0, 0.05) is 31.7 Å². The van der Waals surface area contributed by atoms with Crippen molar-refractivity contribution in [1.29, 1.82) is 0 Å². The number of ether oxygens (including phenoxy) is 1. The number of nitrogens with zero attached hydrogens (tertiary/aromatic N) is 3. The van der Waals surface area contributed by atoms with E-state index in [2.05, 4.69) is 37.6 Å². The van der Waals surface area contributed by atoms with E-state index in [0.717, 1.165) is 42.8 Å². The molecule has 1 fully saturated rings. The summed E-state index contributed by atoms with van der Waals surface area (Å²) >= 11 is 6.07. The van der Waals surface area contributed by atoms with Gasteiger partial charge in [0.2, 0.25) is 5.89 Å². The molecule has 8 heteroatoms. The van der Waals surface area contributed by atoms with Gasteiger partial charge in [0.25, 0.3) is 0 Å². The number of aliphatic imine (C=N–C) groups is 1. The molecule has 2 N–H and O–H groups in total. The molecular formula is C20H28ClN5O2. The lowest BCUT2D eigenvalue weighted by atomic mass is 10.0. The van der Waals surface area contributed by atoms with Crippen molar-refractivity contribution in [3.8, 4) is 0 Å². The molecule has 0 bridgehead atoms. The van der Waals surface area contributed by atoms with Crippen LogP contribution in [0.15, 0.2) is 33.7 Å². The molecule has 1 atom stereocenters. The number of hydrogen-bond donors (Lipinski definition) is 2. The summed E-state index contributed by atoms with van der Waals surface area (Å²) in [5.74, 6) is 2.20. The van der Waals surface area contributed by atoms with Crippen LogP contribution in [0, 0.1) is 13.8 Å². The zero-order chi connectivity index (χ0) is 19.9. The second-order valence-electron chi connectivity index (χ2n) is 6.77. The van der Waals surface area contributed by atoms with E-state index in [9.17, 15) is 0 Å². The van der Waals surface area contributed by atoms with Gasteiger partial charge in [0.15, 0.2) is 5.96 Å². The molecular weight excluding hydrogens is 378 g/mol. The fraction of sp³-hybridized carbons (Fsp3) is 0.500. The standard InChI is InChI=1S/C20H28ClN5O2/c1-14-15(2)28-19(25-14)13-24-20(22-3)23-12-18(26-8-10-27-11-9-26)16-4-6-17(21)7-5-16/h4-7,18H,8-13H2,1-3H3,(H2,22,23,24). The summed E-state index contributed by atoms with van der Waals surface area (Å²) < 4.78 is 11.1. The van der Waals surface area contributed by atoms with Crippen molar-refractivity contribution in [2.45, 2.75) is 26.4 Å². The molecule has 3 rings (SSSR count). The van der Waals surface area contributed by atoms with E-state index in [1.165, 1.54) is 5.56 Å². The molecule has 0 aliphatic carbocycles. The molecule has 1 unspecified atom stereocenters. The van der Waals surface area contributed by atoms with E-state index in [1.54, 1.807) is 7.05 Å². The maximum absolute atomic E-state index is 6.07. The lowest BCUT2D eigenvalue weighted by Crippen LogP contribution is -2.46. The highest BCUT2D eigenvalue weighted by molar-refractivity contribution is 6.30. The van der Waals surface area contributed by atoms with Crippen molar-refractivity contribution in [3.05, 3.63) is 52.2 Å². The van der Waals surface area contributed by atoms with Crippen molar-refractivity contribution in [3.63, 3.8) is 0 Å². The van der Waals surface area contributed by atoms with Crippen LogP contribution in [0.25, 0.3) is 0 Å². The minimum atomic E-state index is 0.200. The van der Waals surface area contributed by atoms with Gasteiger partial charge in [-0.15, -0.1) is 0 Å². The lowest BCUT2D eigenvalue weighted by Gasteiger charge is -2.35. The van der Waals surface area contributed by atoms with Gasteiger partial charge >= 0.3 is 0 Å². The maximum atomic E-state index is 6.07. The molecule has 2 aromatic rings. The zero-order valence-corrected chi connectivity index (χ0v) is 17.4. The fourth-order valence-electron chi connectivity index (χ4n) is 3.22. The molecule has 7 nitrogen and oxygen atoms in total. The average Bonchev–Trinajstić information content (AvgIpc) is 3.04. The Morgan fingerprint density at radius 2 is 1.93 bits per heavy atom. The first-order chi connectivity index (χ1) is 13.6. The normalized spacial score (nSPS) is 16.8. The Morgan fingerprint density at radius 1 is 1.21 bits per heavy atom. The molecule has 2 heterocycles. The topological polar surface area (TPSA) is 74.9 Å². The Labute approximate surface area is 171 Å². The number of nitrogens with one attached hydrogen (secondary N) is 2. The van der Waals surface area contributed by atoms with Gasteiger partial charge in [-0.3, -0.25) is 9.89 Å². The van der Waals surface area contributed by atoms with E-state index >= 15 is 0 Å². The molecule has 1 aliphatic heterocycles. The maximum Gasteiger partial charge on any atom is 0.214 e. The SMILES string of the molecule is CN=C(NCc1nc(C)c(C)o1)NCC(c1ccc(Cl)cc1)N1CCOCC1. The van der Waals surface area contributed by atoms with Gasteiger partial charge in [-0.05, 0) is 31.5 Å². The van der Waals surface area contributed by atoms with Crippen molar-refractivity contribution in [2.24, 2.45) is 4.99 Å². The second kappa shape index (κ2) is 9.91. The number of aromatic nitrogens is 1. The number of morpholine rings is 1. The smallest absolute Gasteiger partial charge is 0.214 e. The summed E-state index contributed by atoms with van der Waals surface area (Å²) in [4.78, 5) is 11.1. The van der Waals surface area contributed by atoms with Crippen LogP contribution in [0.1, 0.15) is 29.0 Å². The van der Waals surface area contributed by atoms with Gasteiger partial charge in [0.1, 0.15) is 5.76 Å². The van der Waals surface area contributed by atoms with Gasteiger partial charge in [0.05, 0.1) is 31.5 Å². The monoisotopic (exact) mass is 405 g/mol. The quantitative estimate of drug-likeness (QED) is 0.568. The Hall–Kier alpha value is -2.09. The van der Waals surface area contributed by atoms with Gasteiger partial charge in [-0.2, -0.15) is 0 Å². The third kappa shape index (κ3) is 5.47. The lowest BCUT2D eigenvalue weighted by molar-refractivity contribution is 0.0170. The first kappa shape index (κ1) is 20.6. The van der Waals surface area contributed by atoms with Crippen LogP contribution < -0.4 is 10.6 Å². The second-order valence-corrected chi connectivity index (χ2v) is 7.21. The predicted octanol–water partition coefficient (Wildman–Crippen LogP) is 2.68. The molecule has 1 aliphatic rings. The molecule has 1 saturated heterocycles. The molecule has 0 saturated carbocycles. The van der Waals surface area contributed by atoms with Crippen molar-refractivity contribution >= 4 is 17.6 Å². The first-order valence-electron chi connectivity index (χ1n) is 9.51. The average molecular weight is 406 g/mol. The summed E-state index contributed by atoms with van der Waals surface area (Å²) in [6, 6.07) is 8.23. The van der Waals surface area contributed by atoms with Crippen LogP contribution in [0.3, 0.4) is 0 Å². The minimum absolute atomic E-state index is 0.200. The Morgan fingerprint density at radius 3 is 2.54 bits per heavy atom. The molecule has 0 amide bonds. The van der Waals surface area contributed by atoms with Gasteiger partial charge < -0.3 is 19.8 Å².